The normalized spacial score (nSPS) is 23.3. The number of piperidine rings is 1. The summed E-state index contributed by atoms with van der Waals surface area (Å²) in [7, 11) is 0. The Morgan fingerprint density at radius 2 is 2.23 bits per heavy atom. The van der Waals surface area contributed by atoms with Gasteiger partial charge in [0.05, 0.1) is 40.3 Å². The lowest BCUT2D eigenvalue weighted by molar-refractivity contribution is 0.0505. The molecule has 5 heterocycles. The van der Waals surface area contributed by atoms with Gasteiger partial charge in [0.1, 0.15) is 6.04 Å². The van der Waals surface area contributed by atoms with Gasteiger partial charge in [-0.15, -0.1) is 0 Å². The number of carbonyl (C=O) groups is 1. The molecule has 1 fully saturated rings. The minimum absolute atomic E-state index is 0.0425. The average molecular weight is 445 g/mol. The molecule has 2 aliphatic rings. The Kier molecular flexibility index (Phi) is 4.55. The van der Waals surface area contributed by atoms with E-state index in [1.165, 1.54) is 13.8 Å². The molecule has 2 aliphatic heterocycles. The Labute approximate surface area is 183 Å². The number of fused-ring (bicyclic) bond motifs is 2. The van der Waals surface area contributed by atoms with E-state index in [4.69, 9.17) is 16.0 Å². The molecular weight excluding hydrogens is 423 g/mol. The first-order valence-corrected chi connectivity index (χ1v) is 10.5. The van der Waals surface area contributed by atoms with Crippen LogP contribution in [0.2, 0.25) is 5.02 Å². The van der Waals surface area contributed by atoms with Gasteiger partial charge in [-0.2, -0.15) is 5.10 Å². The monoisotopic (exact) mass is 444 g/mol. The minimum Gasteiger partial charge on any atom is -0.432 e. The van der Waals surface area contributed by atoms with Crippen molar-refractivity contribution in [3.05, 3.63) is 52.5 Å². The zero-order valence-electron chi connectivity index (χ0n) is 17.3. The summed E-state index contributed by atoms with van der Waals surface area (Å²) in [6.45, 7) is 4.81. The number of hydrogen-bond donors (Lipinski definition) is 1. The molecule has 10 heteroatoms. The third-order valence-electron chi connectivity index (χ3n) is 5.82. The number of nitrogens with zero attached hydrogens (tertiary/aromatic N) is 5. The van der Waals surface area contributed by atoms with Gasteiger partial charge in [-0.25, -0.2) is 13.9 Å². The molecule has 5 rings (SSSR count). The SMILES string of the molecule is Cc1nc(C(C)(C)F)oc1C(=O)N1CCC2NC=NC2[C@H]1c1cc2c(Cl)cccn2n1. The van der Waals surface area contributed by atoms with E-state index in [0.717, 1.165) is 11.9 Å². The molecule has 2 unspecified atom stereocenters. The molecular formula is C21H22ClFN6O2. The Balaban J connectivity index is 1.58. The fraction of sp³-hybridized carbons (Fsp3) is 0.429. The summed E-state index contributed by atoms with van der Waals surface area (Å²) in [6.07, 6.45) is 4.21. The van der Waals surface area contributed by atoms with Gasteiger partial charge in [0.25, 0.3) is 5.91 Å². The van der Waals surface area contributed by atoms with Crippen molar-refractivity contribution < 1.29 is 13.6 Å². The number of aryl methyl sites for hydroxylation is 1. The average Bonchev–Trinajstić information content (AvgIpc) is 3.44. The molecule has 31 heavy (non-hydrogen) atoms. The standard InChI is InChI=1S/C21H22ClFN6O2/c1-11-18(31-20(26-11)21(2,3)23)19(30)28-8-6-13-16(25-10-24-13)17(28)14-9-15-12(22)5-4-7-29(15)27-14/h4-5,7,9-10,13,16-17H,6,8H2,1-3H3,(H,24,25)/t13?,16?,17-/m1/s1. The van der Waals surface area contributed by atoms with Gasteiger partial charge < -0.3 is 14.6 Å². The number of aliphatic imine (C=N–C) groups is 1. The first-order chi connectivity index (χ1) is 14.7. The number of amides is 1. The summed E-state index contributed by atoms with van der Waals surface area (Å²) in [4.78, 5) is 24.0. The number of nitrogens with one attached hydrogen (secondary N) is 1. The van der Waals surface area contributed by atoms with Crippen molar-refractivity contribution in [2.24, 2.45) is 4.99 Å². The lowest BCUT2D eigenvalue weighted by Crippen LogP contribution is -2.52. The van der Waals surface area contributed by atoms with E-state index < -0.39 is 11.7 Å². The van der Waals surface area contributed by atoms with Crippen molar-refractivity contribution in [2.75, 3.05) is 6.54 Å². The maximum absolute atomic E-state index is 14.4. The number of aromatic nitrogens is 3. The number of hydrogen-bond acceptors (Lipinski definition) is 6. The number of oxazole rings is 1. The first-order valence-electron chi connectivity index (χ1n) is 10.1. The van der Waals surface area contributed by atoms with Crippen LogP contribution < -0.4 is 5.32 Å². The zero-order chi connectivity index (χ0) is 21.9. The van der Waals surface area contributed by atoms with E-state index >= 15 is 0 Å². The van der Waals surface area contributed by atoms with Crippen LogP contribution in [0.4, 0.5) is 4.39 Å². The Bertz CT molecular complexity index is 1200. The van der Waals surface area contributed by atoms with E-state index in [2.05, 4.69) is 20.4 Å². The summed E-state index contributed by atoms with van der Waals surface area (Å²) in [5, 5.41) is 8.51. The minimum atomic E-state index is -1.78. The molecule has 162 valence electrons. The van der Waals surface area contributed by atoms with Gasteiger partial charge in [0, 0.05) is 12.7 Å². The fourth-order valence-electron chi connectivity index (χ4n) is 4.27. The number of carbonyl (C=O) groups excluding carboxylic acids is 1. The summed E-state index contributed by atoms with van der Waals surface area (Å²) < 4.78 is 21.6. The molecule has 0 spiro atoms. The van der Waals surface area contributed by atoms with Gasteiger partial charge in [-0.3, -0.25) is 9.79 Å². The van der Waals surface area contributed by atoms with Crippen molar-refractivity contribution in [2.45, 2.75) is 51.0 Å². The van der Waals surface area contributed by atoms with Gasteiger partial charge in [-0.05, 0) is 45.4 Å². The highest BCUT2D eigenvalue weighted by Gasteiger charge is 2.45. The Hall–Kier alpha value is -2.94. The molecule has 3 aromatic rings. The van der Waals surface area contributed by atoms with Crippen LogP contribution in [0, 0.1) is 6.92 Å². The summed E-state index contributed by atoms with van der Waals surface area (Å²) in [6, 6.07) is 4.95. The van der Waals surface area contributed by atoms with Crippen molar-refractivity contribution in [3.8, 4) is 0 Å². The van der Waals surface area contributed by atoms with E-state index in [-0.39, 0.29) is 29.6 Å². The molecule has 0 bridgehead atoms. The van der Waals surface area contributed by atoms with Crippen LogP contribution in [-0.4, -0.2) is 50.4 Å². The number of likely N-dealkylation sites (tertiary alicyclic amines) is 1. The summed E-state index contributed by atoms with van der Waals surface area (Å²) in [5.41, 5.74) is 0.00656. The molecule has 0 aromatic carbocycles. The summed E-state index contributed by atoms with van der Waals surface area (Å²) in [5.74, 6) is -0.421. The molecule has 0 radical (unpaired) electrons. The molecule has 0 saturated carbocycles. The van der Waals surface area contributed by atoms with Gasteiger partial charge in [-0.1, -0.05) is 11.6 Å². The van der Waals surface area contributed by atoms with Crippen molar-refractivity contribution in [1.82, 2.24) is 24.8 Å². The largest absolute Gasteiger partial charge is 0.432 e. The second kappa shape index (κ2) is 7.05. The van der Waals surface area contributed by atoms with Crippen LogP contribution >= 0.6 is 11.6 Å². The lowest BCUT2D eigenvalue weighted by Gasteiger charge is -2.40. The van der Waals surface area contributed by atoms with Crippen molar-refractivity contribution in [3.63, 3.8) is 0 Å². The van der Waals surface area contributed by atoms with Gasteiger partial charge in [0.15, 0.2) is 5.67 Å². The summed E-state index contributed by atoms with van der Waals surface area (Å²) >= 11 is 6.34. The predicted molar refractivity (Wildman–Crippen MR) is 113 cm³/mol. The zero-order valence-corrected chi connectivity index (χ0v) is 18.1. The van der Waals surface area contributed by atoms with Crippen LogP contribution in [0.15, 0.2) is 33.8 Å². The highest BCUT2D eigenvalue weighted by atomic mass is 35.5. The molecule has 3 aromatic heterocycles. The smallest absolute Gasteiger partial charge is 0.292 e. The number of alkyl halides is 1. The second-order valence-electron chi connectivity index (χ2n) is 8.44. The van der Waals surface area contributed by atoms with Crippen LogP contribution in [0.1, 0.15) is 54.1 Å². The molecule has 0 aliphatic carbocycles. The fourth-order valence-corrected chi connectivity index (χ4v) is 4.48. The third-order valence-corrected chi connectivity index (χ3v) is 6.14. The van der Waals surface area contributed by atoms with Gasteiger partial charge >= 0.3 is 0 Å². The quantitative estimate of drug-likeness (QED) is 0.668. The lowest BCUT2D eigenvalue weighted by atomic mass is 9.90. The number of halogens is 2. The molecule has 1 saturated heterocycles. The highest BCUT2D eigenvalue weighted by Crippen LogP contribution is 2.37. The van der Waals surface area contributed by atoms with Crippen LogP contribution in [0.25, 0.3) is 5.52 Å². The van der Waals surface area contributed by atoms with E-state index in [1.54, 1.807) is 28.7 Å². The third kappa shape index (κ3) is 3.27. The molecule has 8 nitrogen and oxygen atoms in total. The number of rotatable bonds is 3. The van der Waals surface area contributed by atoms with E-state index in [9.17, 15) is 9.18 Å². The van der Waals surface area contributed by atoms with Crippen molar-refractivity contribution >= 4 is 29.4 Å². The first kappa shape index (κ1) is 20.0. The molecule has 1 amide bonds. The van der Waals surface area contributed by atoms with Gasteiger partial charge in [0.2, 0.25) is 11.7 Å². The maximum atomic E-state index is 14.4. The Morgan fingerprint density at radius 3 is 2.94 bits per heavy atom. The molecule has 1 N–H and O–H groups in total. The Morgan fingerprint density at radius 1 is 1.42 bits per heavy atom. The van der Waals surface area contributed by atoms with Crippen LogP contribution in [0.5, 0.6) is 0 Å². The predicted octanol–water partition coefficient (Wildman–Crippen LogP) is 3.44. The highest BCUT2D eigenvalue weighted by molar-refractivity contribution is 6.33. The molecule has 3 atom stereocenters. The maximum Gasteiger partial charge on any atom is 0.292 e. The van der Waals surface area contributed by atoms with Crippen LogP contribution in [-0.2, 0) is 5.67 Å². The van der Waals surface area contributed by atoms with Crippen LogP contribution in [0.3, 0.4) is 0 Å². The topological polar surface area (TPSA) is 88.0 Å². The van der Waals surface area contributed by atoms with E-state index in [0.29, 0.717) is 23.0 Å². The second-order valence-corrected chi connectivity index (χ2v) is 8.84. The van der Waals surface area contributed by atoms with Crippen molar-refractivity contribution in [1.29, 1.82) is 0 Å². The van der Waals surface area contributed by atoms with E-state index in [1.807, 2.05) is 18.3 Å². The number of pyridine rings is 1.